The van der Waals surface area contributed by atoms with Gasteiger partial charge in [0.25, 0.3) is 0 Å². The zero-order valence-corrected chi connectivity index (χ0v) is 11.4. The maximum atomic E-state index is 5.68. The lowest BCUT2D eigenvalue weighted by atomic mass is 10.2. The molecule has 1 aliphatic heterocycles. The van der Waals surface area contributed by atoms with Crippen LogP contribution in [0.1, 0.15) is 25.8 Å². The third kappa shape index (κ3) is 2.72. The number of anilines is 2. The molecule has 2 rings (SSSR count). The van der Waals surface area contributed by atoms with Crippen molar-refractivity contribution in [2.24, 2.45) is 0 Å². The first-order chi connectivity index (χ1) is 8.76. The average Bonchev–Trinajstić information content (AvgIpc) is 2.62. The van der Waals surface area contributed by atoms with E-state index in [1.807, 2.05) is 7.05 Å². The Morgan fingerprint density at radius 3 is 3.06 bits per heavy atom. The fraction of sp³-hybridized carbons (Fsp3) is 0.692. The SMILES string of the molecule is CCc1c(NC)ncnc1N1CCCOC(C)C1. The normalized spacial score (nSPS) is 20.6. The molecule has 1 saturated heterocycles. The second-order valence-corrected chi connectivity index (χ2v) is 4.61. The van der Waals surface area contributed by atoms with Crippen LogP contribution in [0, 0.1) is 0 Å². The molecule has 0 amide bonds. The number of hydrogen-bond donors (Lipinski definition) is 1. The first kappa shape index (κ1) is 13.1. The predicted octanol–water partition coefficient (Wildman–Crippen LogP) is 1.70. The number of rotatable bonds is 3. The molecule has 0 aliphatic carbocycles. The molecule has 2 heterocycles. The molecule has 5 heteroatoms. The molecule has 0 aromatic carbocycles. The highest BCUT2D eigenvalue weighted by molar-refractivity contribution is 5.58. The van der Waals surface area contributed by atoms with Gasteiger partial charge < -0.3 is 15.0 Å². The zero-order chi connectivity index (χ0) is 13.0. The molecule has 0 radical (unpaired) electrons. The van der Waals surface area contributed by atoms with E-state index in [-0.39, 0.29) is 6.10 Å². The van der Waals surface area contributed by atoms with Gasteiger partial charge in [0.1, 0.15) is 18.0 Å². The molecule has 0 saturated carbocycles. The molecule has 1 aliphatic rings. The van der Waals surface area contributed by atoms with Crippen LogP contribution in [-0.4, -0.2) is 42.8 Å². The fourth-order valence-electron chi connectivity index (χ4n) is 2.40. The monoisotopic (exact) mass is 250 g/mol. The standard InChI is InChI=1S/C13H22N4O/c1-4-11-12(14-3)15-9-16-13(11)17-6-5-7-18-10(2)8-17/h9-10H,4-8H2,1-3H3,(H,14,15,16). The van der Waals surface area contributed by atoms with E-state index in [2.05, 4.69) is 34.0 Å². The molecule has 0 bridgehead atoms. The lowest BCUT2D eigenvalue weighted by molar-refractivity contribution is 0.0820. The molecular formula is C13H22N4O. The molecule has 1 atom stereocenters. The van der Waals surface area contributed by atoms with Crippen molar-refractivity contribution < 1.29 is 4.74 Å². The molecule has 1 N–H and O–H groups in total. The summed E-state index contributed by atoms with van der Waals surface area (Å²) in [5.74, 6) is 1.98. The van der Waals surface area contributed by atoms with Crippen LogP contribution in [0.15, 0.2) is 6.33 Å². The van der Waals surface area contributed by atoms with Crippen molar-refractivity contribution in [1.29, 1.82) is 0 Å². The van der Waals surface area contributed by atoms with Crippen molar-refractivity contribution in [3.63, 3.8) is 0 Å². The Morgan fingerprint density at radius 2 is 2.33 bits per heavy atom. The molecule has 1 aromatic rings. The largest absolute Gasteiger partial charge is 0.377 e. The molecule has 5 nitrogen and oxygen atoms in total. The highest BCUT2D eigenvalue weighted by atomic mass is 16.5. The lowest BCUT2D eigenvalue weighted by Crippen LogP contribution is -2.32. The minimum atomic E-state index is 0.255. The van der Waals surface area contributed by atoms with Crippen molar-refractivity contribution in [2.75, 3.05) is 37.0 Å². The fourth-order valence-corrected chi connectivity index (χ4v) is 2.40. The van der Waals surface area contributed by atoms with Gasteiger partial charge in [0.15, 0.2) is 0 Å². The van der Waals surface area contributed by atoms with Crippen molar-refractivity contribution in [3.8, 4) is 0 Å². The molecule has 1 aromatic heterocycles. The summed E-state index contributed by atoms with van der Waals surface area (Å²) in [6, 6.07) is 0. The Balaban J connectivity index is 2.30. The maximum Gasteiger partial charge on any atom is 0.137 e. The van der Waals surface area contributed by atoms with E-state index in [4.69, 9.17) is 4.74 Å². The Labute approximate surface area is 109 Å². The van der Waals surface area contributed by atoms with Crippen LogP contribution in [0.5, 0.6) is 0 Å². The van der Waals surface area contributed by atoms with Gasteiger partial charge in [-0.25, -0.2) is 9.97 Å². The van der Waals surface area contributed by atoms with Gasteiger partial charge in [0, 0.05) is 32.3 Å². The van der Waals surface area contributed by atoms with Crippen LogP contribution in [0.2, 0.25) is 0 Å². The van der Waals surface area contributed by atoms with Crippen LogP contribution in [0.25, 0.3) is 0 Å². The highest BCUT2D eigenvalue weighted by Crippen LogP contribution is 2.25. The number of hydrogen-bond acceptors (Lipinski definition) is 5. The quantitative estimate of drug-likeness (QED) is 0.884. The summed E-state index contributed by atoms with van der Waals surface area (Å²) in [6.07, 6.45) is 3.87. The van der Waals surface area contributed by atoms with Crippen molar-refractivity contribution >= 4 is 11.6 Å². The predicted molar refractivity (Wildman–Crippen MR) is 73.2 cm³/mol. The van der Waals surface area contributed by atoms with E-state index in [1.54, 1.807) is 6.33 Å². The average molecular weight is 250 g/mol. The summed E-state index contributed by atoms with van der Waals surface area (Å²) < 4.78 is 5.68. The number of aromatic nitrogens is 2. The van der Waals surface area contributed by atoms with Gasteiger partial charge in [-0.15, -0.1) is 0 Å². The first-order valence-corrected chi connectivity index (χ1v) is 6.64. The van der Waals surface area contributed by atoms with E-state index < -0.39 is 0 Å². The van der Waals surface area contributed by atoms with Crippen LogP contribution < -0.4 is 10.2 Å². The number of nitrogens with zero attached hydrogens (tertiary/aromatic N) is 3. The Kier molecular flexibility index (Phi) is 4.36. The number of nitrogens with one attached hydrogen (secondary N) is 1. The first-order valence-electron chi connectivity index (χ1n) is 6.64. The smallest absolute Gasteiger partial charge is 0.137 e. The summed E-state index contributed by atoms with van der Waals surface area (Å²) in [5.41, 5.74) is 1.19. The second kappa shape index (κ2) is 6.00. The number of ether oxygens (including phenoxy) is 1. The minimum Gasteiger partial charge on any atom is -0.377 e. The van der Waals surface area contributed by atoms with Crippen LogP contribution in [0.4, 0.5) is 11.6 Å². The Bertz CT molecular complexity index is 397. The zero-order valence-electron chi connectivity index (χ0n) is 11.4. The van der Waals surface area contributed by atoms with E-state index in [9.17, 15) is 0 Å². The maximum absolute atomic E-state index is 5.68. The van der Waals surface area contributed by atoms with Gasteiger partial charge in [-0.2, -0.15) is 0 Å². The molecule has 18 heavy (non-hydrogen) atoms. The summed E-state index contributed by atoms with van der Waals surface area (Å²) in [4.78, 5) is 11.1. The summed E-state index contributed by atoms with van der Waals surface area (Å²) in [7, 11) is 1.90. The summed E-state index contributed by atoms with van der Waals surface area (Å²) in [6.45, 7) is 6.98. The molecule has 0 spiro atoms. The van der Waals surface area contributed by atoms with E-state index in [1.165, 1.54) is 5.56 Å². The van der Waals surface area contributed by atoms with Crippen molar-refractivity contribution in [1.82, 2.24) is 9.97 Å². The van der Waals surface area contributed by atoms with Crippen LogP contribution in [-0.2, 0) is 11.2 Å². The van der Waals surface area contributed by atoms with Gasteiger partial charge in [-0.3, -0.25) is 0 Å². The van der Waals surface area contributed by atoms with Gasteiger partial charge in [0.2, 0.25) is 0 Å². The molecule has 100 valence electrons. The van der Waals surface area contributed by atoms with Crippen LogP contribution in [0.3, 0.4) is 0 Å². The molecule has 1 fully saturated rings. The summed E-state index contributed by atoms with van der Waals surface area (Å²) >= 11 is 0. The highest BCUT2D eigenvalue weighted by Gasteiger charge is 2.20. The van der Waals surface area contributed by atoms with Crippen molar-refractivity contribution in [3.05, 3.63) is 11.9 Å². The second-order valence-electron chi connectivity index (χ2n) is 4.61. The summed E-state index contributed by atoms with van der Waals surface area (Å²) in [5, 5.41) is 3.14. The van der Waals surface area contributed by atoms with Gasteiger partial charge in [-0.1, -0.05) is 6.92 Å². The van der Waals surface area contributed by atoms with E-state index in [0.717, 1.165) is 44.2 Å². The van der Waals surface area contributed by atoms with Crippen LogP contribution >= 0.6 is 0 Å². The Hall–Kier alpha value is -1.36. The minimum absolute atomic E-state index is 0.255. The lowest BCUT2D eigenvalue weighted by Gasteiger charge is -2.25. The third-order valence-corrected chi connectivity index (χ3v) is 3.26. The topological polar surface area (TPSA) is 50.3 Å². The molecule has 1 unspecified atom stereocenters. The van der Waals surface area contributed by atoms with E-state index in [0.29, 0.717) is 0 Å². The molecular weight excluding hydrogens is 228 g/mol. The third-order valence-electron chi connectivity index (χ3n) is 3.26. The van der Waals surface area contributed by atoms with E-state index >= 15 is 0 Å². The van der Waals surface area contributed by atoms with Gasteiger partial charge in [0.05, 0.1) is 6.10 Å². The van der Waals surface area contributed by atoms with Crippen molar-refractivity contribution in [2.45, 2.75) is 32.8 Å². The van der Waals surface area contributed by atoms with Gasteiger partial charge in [-0.05, 0) is 19.8 Å². The van der Waals surface area contributed by atoms with Gasteiger partial charge >= 0.3 is 0 Å². The Morgan fingerprint density at radius 1 is 1.50 bits per heavy atom.